The number of carbonyl (C=O) groups is 4. The number of piperidine rings is 1. The van der Waals surface area contributed by atoms with E-state index in [0.717, 1.165) is 85.6 Å². The summed E-state index contributed by atoms with van der Waals surface area (Å²) in [6, 6.07) is 31.7. The summed E-state index contributed by atoms with van der Waals surface area (Å²) in [6.45, 7) is 30.4. The quantitative estimate of drug-likeness (QED) is 0.151. The van der Waals surface area contributed by atoms with Crippen LogP contribution in [0.5, 0.6) is 0 Å². The van der Waals surface area contributed by atoms with E-state index in [1.807, 2.05) is 184 Å². The van der Waals surface area contributed by atoms with Crippen molar-refractivity contribution < 1.29 is 34.5 Å². The first kappa shape index (κ1) is 61.0. The van der Waals surface area contributed by atoms with Gasteiger partial charge < -0.3 is 30.0 Å². The number of likely N-dealkylation sites (tertiary alicyclic amines) is 1. The zero-order valence-corrected chi connectivity index (χ0v) is 44.3. The van der Waals surface area contributed by atoms with Crippen LogP contribution < -0.4 is 4.90 Å². The van der Waals surface area contributed by atoms with Crippen LogP contribution in [-0.2, 0) is 51.8 Å². The SMILES string of the molecule is C.CC(C)(C)C(=O)Cc1ccccc1CO.CC(C)(C)C(=O)N1CCC(c2ccccc2CO)CC1.CC(C)(C)C(=O)N1CCN(c2ccccc2CO)CC1.Cc1ccc(CC(=O)C(C)(C)C)cc1. The largest absolute Gasteiger partial charge is 0.392 e. The Morgan fingerprint density at radius 3 is 1.33 bits per heavy atom. The second kappa shape index (κ2) is 27.4. The van der Waals surface area contributed by atoms with Crippen molar-refractivity contribution >= 4 is 29.1 Å². The molecule has 6 rings (SSSR count). The maximum Gasteiger partial charge on any atom is 0.228 e. The van der Waals surface area contributed by atoms with Crippen LogP contribution in [0.2, 0.25) is 0 Å². The van der Waals surface area contributed by atoms with Gasteiger partial charge in [-0.3, -0.25) is 19.2 Å². The second-order valence-electron chi connectivity index (χ2n) is 22.6. The molecule has 2 amide bonds. The van der Waals surface area contributed by atoms with Gasteiger partial charge in [0.15, 0.2) is 0 Å². The van der Waals surface area contributed by atoms with Crippen molar-refractivity contribution in [1.29, 1.82) is 0 Å². The van der Waals surface area contributed by atoms with Gasteiger partial charge in [0.1, 0.15) is 11.6 Å². The Balaban J connectivity index is 0.000000323. The van der Waals surface area contributed by atoms with E-state index in [1.165, 1.54) is 11.1 Å². The van der Waals surface area contributed by atoms with Gasteiger partial charge in [-0.05, 0) is 59.6 Å². The highest BCUT2D eigenvalue weighted by Crippen LogP contribution is 2.32. The zero-order valence-electron chi connectivity index (χ0n) is 44.3. The van der Waals surface area contributed by atoms with Crippen LogP contribution in [0.3, 0.4) is 0 Å². The summed E-state index contributed by atoms with van der Waals surface area (Å²) in [5.41, 5.74) is 7.25. The molecule has 10 nitrogen and oxygen atoms in total. The number of para-hydroxylation sites is 1. The van der Waals surface area contributed by atoms with Gasteiger partial charge in [0, 0.05) is 85.0 Å². The van der Waals surface area contributed by atoms with Gasteiger partial charge in [0.25, 0.3) is 0 Å². The van der Waals surface area contributed by atoms with E-state index in [2.05, 4.69) is 17.9 Å². The predicted octanol–water partition coefficient (Wildman–Crippen LogP) is 10.9. The number of carbonyl (C=O) groups excluding carboxylic acids is 4. The minimum Gasteiger partial charge on any atom is -0.392 e. The maximum atomic E-state index is 12.3. The Kier molecular flexibility index (Phi) is 23.9. The number of Topliss-reactive ketones (excluding diaryl/α,β-unsaturated/α-hetero) is 2. The molecule has 0 unspecified atom stereocenters. The molecule has 2 aliphatic rings. The molecule has 0 bridgehead atoms. The third-order valence-electron chi connectivity index (χ3n) is 12.6. The zero-order chi connectivity index (χ0) is 51.7. The van der Waals surface area contributed by atoms with Crippen molar-refractivity contribution in [3.8, 4) is 0 Å². The summed E-state index contributed by atoms with van der Waals surface area (Å²) >= 11 is 0. The normalized spacial score (nSPS) is 14.4. The molecule has 4 aromatic carbocycles. The third-order valence-corrected chi connectivity index (χ3v) is 12.6. The molecule has 0 aliphatic carbocycles. The fourth-order valence-electron chi connectivity index (χ4n) is 8.00. The van der Waals surface area contributed by atoms with Gasteiger partial charge >= 0.3 is 0 Å². The summed E-state index contributed by atoms with van der Waals surface area (Å²) in [6.07, 6.45) is 2.92. The predicted molar refractivity (Wildman–Crippen MR) is 288 cm³/mol. The number of amides is 2. The number of hydrogen-bond acceptors (Lipinski definition) is 8. The van der Waals surface area contributed by atoms with Gasteiger partial charge in [-0.15, -0.1) is 0 Å². The van der Waals surface area contributed by atoms with Gasteiger partial charge in [0.05, 0.1) is 19.8 Å². The van der Waals surface area contributed by atoms with Gasteiger partial charge in [0.2, 0.25) is 11.8 Å². The van der Waals surface area contributed by atoms with E-state index in [9.17, 15) is 29.4 Å². The van der Waals surface area contributed by atoms with Crippen LogP contribution in [-0.4, -0.2) is 87.8 Å². The number of anilines is 1. The third kappa shape index (κ3) is 19.2. The molecule has 2 fully saturated rings. The van der Waals surface area contributed by atoms with Crippen LogP contribution in [0.1, 0.15) is 148 Å². The lowest BCUT2D eigenvalue weighted by molar-refractivity contribution is -0.140. The first-order chi connectivity index (χ1) is 32.2. The van der Waals surface area contributed by atoms with E-state index in [1.54, 1.807) is 0 Å². The summed E-state index contributed by atoms with van der Waals surface area (Å²) in [5.74, 6) is 1.41. The highest BCUT2D eigenvalue weighted by molar-refractivity contribution is 5.86. The van der Waals surface area contributed by atoms with Crippen molar-refractivity contribution in [3.63, 3.8) is 0 Å². The minimum absolute atomic E-state index is 0. The molecule has 2 aliphatic heterocycles. The number of aliphatic hydroxyl groups is 3. The smallest absolute Gasteiger partial charge is 0.228 e. The lowest BCUT2D eigenvalue weighted by Crippen LogP contribution is -2.51. The van der Waals surface area contributed by atoms with E-state index in [4.69, 9.17) is 5.11 Å². The number of nitrogens with zero attached hydrogens (tertiary/aromatic N) is 3. The maximum absolute atomic E-state index is 12.3. The standard InChI is InChI=1S/C17H25NO2.C16H24N2O2.C13H18O2.C13H18O.CH4/c1-17(2,3)16(20)18-10-8-13(9-11-18)15-7-5-4-6-14(15)12-19;1-16(2,3)15(20)18-10-8-17(9-11-18)14-7-5-4-6-13(14)12-19;1-13(2,3)12(15)8-10-6-4-5-7-11(10)9-14;1-10-5-7-11(8-6-10)9-12(14)13(2,3)4;/h4-7,13,19H,8-12H2,1-3H3;4-7,19H,8-12H2,1-3H3;4-7,14H,8-9H2,1-3H3;5-8H,9H2,1-4H3;1H4. The minimum atomic E-state index is -0.317. The molecule has 0 spiro atoms. The van der Waals surface area contributed by atoms with Gasteiger partial charge in [-0.25, -0.2) is 0 Å². The van der Waals surface area contributed by atoms with Crippen LogP contribution >= 0.6 is 0 Å². The molecule has 4 aromatic rings. The summed E-state index contributed by atoms with van der Waals surface area (Å²) in [7, 11) is 0. The van der Waals surface area contributed by atoms with Crippen LogP contribution in [0.4, 0.5) is 5.69 Å². The number of hydrogen-bond donors (Lipinski definition) is 3. The molecule has 2 heterocycles. The highest BCUT2D eigenvalue weighted by atomic mass is 16.3. The Hall–Kier alpha value is -5.16. The molecule has 386 valence electrons. The Morgan fingerprint density at radius 1 is 0.471 bits per heavy atom. The molecule has 3 N–H and O–H groups in total. The molecule has 0 atom stereocenters. The second-order valence-corrected chi connectivity index (χ2v) is 22.6. The van der Waals surface area contributed by atoms with Crippen molar-refractivity contribution in [2.24, 2.45) is 21.7 Å². The molecule has 0 radical (unpaired) electrons. The van der Waals surface area contributed by atoms with Gasteiger partial charge in [-0.1, -0.05) is 187 Å². The fourth-order valence-corrected chi connectivity index (χ4v) is 8.00. The molecular formula is C60H89N3O7. The first-order valence-electron chi connectivity index (χ1n) is 24.7. The van der Waals surface area contributed by atoms with Crippen LogP contribution in [0.25, 0.3) is 0 Å². The molecule has 0 saturated carbocycles. The van der Waals surface area contributed by atoms with Gasteiger partial charge in [-0.2, -0.15) is 0 Å². The van der Waals surface area contributed by atoms with E-state index >= 15 is 0 Å². The van der Waals surface area contributed by atoms with Crippen LogP contribution in [0.15, 0.2) is 97.1 Å². The number of benzene rings is 4. The summed E-state index contributed by atoms with van der Waals surface area (Å²) < 4.78 is 0. The molecule has 2 saturated heterocycles. The summed E-state index contributed by atoms with van der Waals surface area (Å²) in [5, 5.41) is 28.0. The number of aryl methyl sites for hydroxylation is 1. The average molecular weight is 964 g/mol. The Labute approximate surface area is 422 Å². The first-order valence-corrected chi connectivity index (χ1v) is 24.7. The topological polar surface area (TPSA) is 139 Å². The average Bonchev–Trinajstić information content (AvgIpc) is 3.31. The monoisotopic (exact) mass is 964 g/mol. The highest BCUT2D eigenvalue weighted by Gasteiger charge is 2.32. The van der Waals surface area contributed by atoms with Crippen molar-refractivity contribution in [2.45, 2.75) is 149 Å². The number of rotatable bonds is 9. The van der Waals surface area contributed by atoms with Crippen LogP contribution in [0, 0.1) is 28.6 Å². The molecule has 0 aromatic heterocycles. The number of piperazine rings is 1. The van der Waals surface area contributed by atoms with Crippen molar-refractivity contribution in [1.82, 2.24) is 9.80 Å². The van der Waals surface area contributed by atoms with Crippen molar-refractivity contribution in [2.75, 3.05) is 44.2 Å². The molecular weight excluding hydrogens is 875 g/mol. The van der Waals surface area contributed by atoms with Crippen molar-refractivity contribution in [3.05, 3.63) is 136 Å². The Morgan fingerprint density at radius 2 is 0.871 bits per heavy atom. The molecule has 10 heteroatoms. The fraction of sp³-hybridized carbons (Fsp3) is 0.533. The van der Waals surface area contributed by atoms with E-state index in [0.29, 0.717) is 24.5 Å². The Bertz CT molecular complexity index is 2150. The number of ketones is 2. The lowest BCUT2D eigenvalue weighted by atomic mass is 9.85. The molecule has 70 heavy (non-hydrogen) atoms. The summed E-state index contributed by atoms with van der Waals surface area (Å²) in [4.78, 5) is 54.2. The van der Waals surface area contributed by atoms with E-state index in [-0.39, 0.29) is 66.5 Å². The van der Waals surface area contributed by atoms with E-state index < -0.39 is 0 Å². The number of aliphatic hydroxyl groups excluding tert-OH is 3. The lowest BCUT2D eigenvalue weighted by Gasteiger charge is -2.39.